The molecule has 0 fully saturated rings. The molecule has 0 aromatic heterocycles. The second-order valence-electron chi connectivity index (χ2n) is 5.14. The second-order valence-corrected chi connectivity index (χ2v) is 7.92. The topological polar surface area (TPSA) is 43.4 Å². The average Bonchev–Trinajstić information content (AvgIpc) is 2.42. The highest BCUT2D eigenvalue weighted by atomic mass is 35.7. The van der Waals surface area contributed by atoms with E-state index in [9.17, 15) is 8.42 Å². The fourth-order valence-electron chi connectivity index (χ4n) is 2.23. The third-order valence-electron chi connectivity index (χ3n) is 3.87. The van der Waals surface area contributed by atoms with Crippen LogP contribution in [-0.2, 0) is 15.5 Å². The van der Waals surface area contributed by atoms with Gasteiger partial charge in [-0.3, -0.25) is 0 Å². The molecule has 0 amide bonds. The van der Waals surface area contributed by atoms with Crippen molar-refractivity contribution < 1.29 is 13.2 Å². The van der Waals surface area contributed by atoms with Gasteiger partial charge in [-0.05, 0) is 30.9 Å². The third kappa shape index (κ3) is 4.98. The maximum atomic E-state index is 11.4. The summed E-state index contributed by atoms with van der Waals surface area (Å²) in [5, 5.41) is 0. The summed E-state index contributed by atoms with van der Waals surface area (Å²) in [6.07, 6.45) is 2.31. The lowest BCUT2D eigenvalue weighted by Crippen LogP contribution is -2.33. The average molecular weight is 319 g/mol. The number of hydrogen-bond acceptors (Lipinski definition) is 3. The Labute approximate surface area is 126 Å². The van der Waals surface area contributed by atoms with Crippen LogP contribution < -0.4 is 4.74 Å². The highest BCUT2D eigenvalue weighted by molar-refractivity contribution is 8.13. The molecule has 0 bridgehead atoms. The smallest absolute Gasteiger partial charge is 0.233 e. The highest BCUT2D eigenvalue weighted by Crippen LogP contribution is 2.31. The van der Waals surface area contributed by atoms with E-state index in [0.717, 1.165) is 17.7 Å². The Morgan fingerprint density at radius 3 is 2.25 bits per heavy atom. The van der Waals surface area contributed by atoms with Gasteiger partial charge >= 0.3 is 0 Å². The molecule has 3 nitrogen and oxygen atoms in total. The molecule has 0 spiro atoms. The minimum absolute atomic E-state index is 0.0527. The molecule has 1 rings (SSSR count). The number of benzene rings is 1. The van der Waals surface area contributed by atoms with Gasteiger partial charge in [0, 0.05) is 16.1 Å². The Kier molecular flexibility index (Phi) is 6.34. The summed E-state index contributed by atoms with van der Waals surface area (Å²) in [7, 11) is 1.90. The Morgan fingerprint density at radius 1 is 1.15 bits per heavy atom. The quantitative estimate of drug-likeness (QED) is 0.680. The van der Waals surface area contributed by atoms with Crippen molar-refractivity contribution in [3.63, 3.8) is 0 Å². The fraction of sp³-hybridized carbons (Fsp3) is 0.600. The van der Waals surface area contributed by atoms with Gasteiger partial charge in [0.05, 0.1) is 12.4 Å². The number of hydrogen-bond donors (Lipinski definition) is 0. The first-order valence-electron chi connectivity index (χ1n) is 6.99. The first kappa shape index (κ1) is 17.3. The van der Waals surface area contributed by atoms with Crippen LogP contribution in [0.2, 0.25) is 0 Å². The lowest BCUT2D eigenvalue weighted by atomic mass is 9.85. The second kappa shape index (κ2) is 7.32. The summed E-state index contributed by atoms with van der Waals surface area (Å²) >= 11 is 0. The summed E-state index contributed by atoms with van der Waals surface area (Å²) < 4.78 is 28.7. The van der Waals surface area contributed by atoms with E-state index in [1.807, 2.05) is 38.1 Å². The molecule has 20 heavy (non-hydrogen) atoms. The van der Waals surface area contributed by atoms with Gasteiger partial charge in [0.25, 0.3) is 0 Å². The maximum Gasteiger partial charge on any atom is 0.233 e. The highest BCUT2D eigenvalue weighted by Gasteiger charge is 2.32. The SMILES string of the molecule is CCc1ccccc1OCC(CC)(CC)CS(=O)(=O)Cl. The molecule has 0 heterocycles. The van der Waals surface area contributed by atoms with E-state index in [1.165, 1.54) is 0 Å². The summed E-state index contributed by atoms with van der Waals surface area (Å²) in [6.45, 7) is 6.38. The van der Waals surface area contributed by atoms with Crippen molar-refractivity contribution in [2.24, 2.45) is 5.41 Å². The molecule has 0 N–H and O–H groups in total. The molecule has 0 radical (unpaired) electrons. The monoisotopic (exact) mass is 318 g/mol. The molecule has 1 aromatic carbocycles. The predicted octanol–water partition coefficient (Wildman–Crippen LogP) is 4.00. The van der Waals surface area contributed by atoms with Gasteiger partial charge in [-0.15, -0.1) is 0 Å². The Bertz CT molecular complexity index is 522. The molecule has 114 valence electrons. The lowest BCUT2D eigenvalue weighted by Gasteiger charge is -2.30. The van der Waals surface area contributed by atoms with Crippen molar-refractivity contribution >= 4 is 19.7 Å². The zero-order valence-electron chi connectivity index (χ0n) is 12.4. The molecular weight excluding hydrogens is 296 g/mol. The molecule has 0 atom stereocenters. The Hall–Kier alpha value is -0.740. The number of para-hydroxylation sites is 1. The van der Waals surface area contributed by atoms with E-state index in [-0.39, 0.29) is 5.75 Å². The van der Waals surface area contributed by atoms with Crippen LogP contribution >= 0.6 is 10.7 Å². The number of ether oxygens (including phenoxy) is 1. The van der Waals surface area contributed by atoms with Gasteiger partial charge in [0.2, 0.25) is 9.05 Å². The van der Waals surface area contributed by atoms with E-state index >= 15 is 0 Å². The normalized spacial score (nSPS) is 12.4. The first-order valence-corrected chi connectivity index (χ1v) is 9.46. The summed E-state index contributed by atoms with van der Waals surface area (Å²) in [6, 6.07) is 7.84. The minimum Gasteiger partial charge on any atom is -0.493 e. The maximum absolute atomic E-state index is 11.4. The van der Waals surface area contributed by atoms with Gasteiger partial charge in [-0.1, -0.05) is 39.0 Å². The minimum atomic E-state index is -3.53. The Morgan fingerprint density at radius 2 is 1.75 bits per heavy atom. The van der Waals surface area contributed by atoms with Crippen LogP contribution in [0.3, 0.4) is 0 Å². The van der Waals surface area contributed by atoms with Gasteiger partial charge in [0.1, 0.15) is 5.75 Å². The van der Waals surface area contributed by atoms with Crippen molar-refractivity contribution in [3.8, 4) is 5.75 Å². The van der Waals surface area contributed by atoms with Crippen LogP contribution in [0.1, 0.15) is 39.2 Å². The third-order valence-corrected chi connectivity index (χ3v) is 5.15. The summed E-state index contributed by atoms with van der Waals surface area (Å²) in [5.74, 6) is 0.774. The molecule has 1 aromatic rings. The molecule has 0 unspecified atom stereocenters. The van der Waals surface area contributed by atoms with E-state index in [4.69, 9.17) is 15.4 Å². The summed E-state index contributed by atoms with van der Waals surface area (Å²) in [5.41, 5.74) is 0.698. The van der Waals surface area contributed by atoms with E-state index in [0.29, 0.717) is 19.4 Å². The van der Waals surface area contributed by atoms with Gasteiger partial charge < -0.3 is 4.74 Å². The van der Waals surface area contributed by atoms with Crippen molar-refractivity contribution in [3.05, 3.63) is 29.8 Å². The largest absolute Gasteiger partial charge is 0.493 e. The number of halogens is 1. The van der Waals surface area contributed by atoms with Crippen LogP contribution in [0.25, 0.3) is 0 Å². The molecule has 0 aliphatic rings. The van der Waals surface area contributed by atoms with E-state index < -0.39 is 14.5 Å². The van der Waals surface area contributed by atoms with Gasteiger partial charge in [-0.25, -0.2) is 8.42 Å². The summed E-state index contributed by atoms with van der Waals surface area (Å²) in [4.78, 5) is 0. The van der Waals surface area contributed by atoms with Crippen LogP contribution in [0.4, 0.5) is 0 Å². The van der Waals surface area contributed by atoms with Crippen LogP contribution in [0, 0.1) is 5.41 Å². The lowest BCUT2D eigenvalue weighted by molar-refractivity contribution is 0.154. The van der Waals surface area contributed by atoms with Crippen LogP contribution in [0.15, 0.2) is 24.3 Å². The fourth-order valence-corrected chi connectivity index (χ4v) is 4.15. The van der Waals surface area contributed by atoms with Crippen molar-refractivity contribution in [1.29, 1.82) is 0 Å². The molecule has 0 saturated carbocycles. The van der Waals surface area contributed by atoms with E-state index in [2.05, 4.69) is 6.92 Å². The van der Waals surface area contributed by atoms with Gasteiger partial charge in [0.15, 0.2) is 0 Å². The van der Waals surface area contributed by atoms with Crippen molar-refractivity contribution in [1.82, 2.24) is 0 Å². The predicted molar refractivity (Wildman–Crippen MR) is 84.0 cm³/mol. The van der Waals surface area contributed by atoms with Crippen molar-refractivity contribution in [2.45, 2.75) is 40.0 Å². The standard InChI is InChI=1S/C15H23ClO3S/c1-4-13-9-7-8-10-14(13)19-11-15(5-2,6-3)12-20(16,17)18/h7-10H,4-6,11-12H2,1-3H3. The number of rotatable bonds is 8. The molecule has 5 heteroatoms. The van der Waals surface area contributed by atoms with Crippen LogP contribution in [-0.4, -0.2) is 20.8 Å². The molecule has 0 aliphatic heterocycles. The number of aryl methyl sites for hydroxylation is 1. The Balaban J connectivity index is 2.87. The first-order chi connectivity index (χ1) is 9.36. The molecular formula is C15H23ClO3S. The molecule has 0 aliphatic carbocycles. The van der Waals surface area contributed by atoms with Crippen LogP contribution in [0.5, 0.6) is 5.75 Å². The van der Waals surface area contributed by atoms with Gasteiger partial charge in [-0.2, -0.15) is 0 Å². The molecule has 0 saturated heterocycles. The van der Waals surface area contributed by atoms with Crippen molar-refractivity contribution in [2.75, 3.05) is 12.4 Å². The zero-order valence-corrected chi connectivity index (χ0v) is 13.9. The van der Waals surface area contributed by atoms with E-state index in [1.54, 1.807) is 0 Å². The zero-order chi connectivity index (χ0) is 15.2.